The van der Waals surface area contributed by atoms with Crippen molar-refractivity contribution >= 4 is 17.0 Å². The molecule has 1 aromatic carbocycles. The van der Waals surface area contributed by atoms with Crippen molar-refractivity contribution in [1.29, 1.82) is 0 Å². The maximum Gasteiger partial charge on any atom is 0.0348 e. The van der Waals surface area contributed by atoms with Crippen molar-refractivity contribution in [2.24, 2.45) is 0 Å². The highest BCUT2D eigenvalue weighted by Crippen LogP contribution is 2.32. The van der Waals surface area contributed by atoms with Gasteiger partial charge in [0.1, 0.15) is 0 Å². The molecule has 1 nitrogen and oxygen atoms in total. The quantitative estimate of drug-likeness (QED) is 0.720. The van der Waals surface area contributed by atoms with E-state index in [-0.39, 0.29) is 0 Å². The van der Waals surface area contributed by atoms with Crippen molar-refractivity contribution in [1.82, 2.24) is 0 Å². The molecule has 1 aromatic heterocycles. The number of hydrogen-bond acceptors (Lipinski definition) is 2. The Labute approximate surface area is 94.6 Å². The zero-order valence-electron chi connectivity index (χ0n) is 9.29. The molecule has 2 aromatic rings. The first-order valence-corrected chi connectivity index (χ1v) is 5.83. The summed E-state index contributed by atoms with van der Waals surface area (Å²) in [6.07, 6.45) is 0. The predicted molar refractivity (Wildman–Crippen MR) is 68.4 cm³/mol. The van der Waals surface area contributed by atoms with E-state index in [9.17, 15) is 0 Å². The van der Waals surface area contributed by atoms with Gasteiger partial charge in [0.15, 0.2) is 0 Å². The van der Waals surface area contributed by atoms with Gasteiger partial charge >= 0.3 is 0 Å². The highest BCUT2D eigenvalue weighted by atomic mass is 32.1. The van der Waals surface area contributed by atoms with E-state index in [1.165, 1.54) is 20.9 Å². The van der Waals surface area contributed by atoms with Gasteiger partial charge < -0.3 is 5.73 Å². The van der Waals surface area contributed by atoms with Crippen molar-refractivity contribution in [3.63, 3.8) is 0 Å². The van der Waals surface area contributed by atoms with Crippen molar-refractivity contribution in [3.8, 4) is 10.4 Å². The lowest BCUT2D eigenvalue weighted by Crippen LogP contribution is -1.92. The number of aryl methyl sites for hydroxylation is 3. The molecule has 0 saturated heterocycles. The molecule has 0 bridgehead atoms. The Kier molecular flexibility index (Phi) is 2.53. The minimum absolute atomic E-state index is 0.879. The second kappa shape index (κ2) is 3.70. The lowest BCUT2D eigenvalue weighted by atomic mass is 10.0. The predicted octanol–water partition coefficient (Wildman–Crippen LogP) is 3.92. The van der Waals surface area contributed by atoms with Gasteiger partial charge in [-0.1, -0.05) is 0 Å². The third-order valence-electron chi connectivity index (χ3n) is 2.62. The highest BCUT2D eigenvalue weighted by molar-refractivity contribution is 7.15. The normalized spacial score (nSPS) is 10.6. The maximum atomic E-state index is 5.88. The third-order valence-corrected chi connectivity index (χ3v) is 3.65. The standard InChI is InChI=1S/C13H15NS/c1-8-7-12(14)9(2)6-11(8)13-5-4-10(3)15-13/h4-7H,14H2,1-3H3. The summed E-state index contributed by atoms with van der Waals surface area (Å²) in [6, 6.07) is 8.57. The summed E-state index contributed by atoms with van der Waals surface area (Å²) in [5.41, 5.74) is 10.5. The average molecular weight is 217 g/mol. The molecule has 0 aliphatic heterocycles. The Morgan fingerprint density at radius 3 is 2.33 bits per heavy atom. The minimum Gasteiger partial charge on any atom is -0.399 e. The van der Waals surface area contributed by atoms with Gasteiger partial charge in [-0.2, -0.15) is 0 Å². The Morgan fingerprint density at radius 2 is 1.73 bits per heavy atom. The van der Waals surface area contributed by atoms with E-state index in [1.807, 2.05) is 11.3 Å². The Balaban J connectivity index is 2.58. The minimum atomic E-state index is 0.879. The van der Waals surface area contributed by atoms with Gasteiger partial charge in [0, 0.05) is 15.4 Å². The van der Waals surface area contributed by atoms with E-state index >= 15 is 0 Å². The van der Waals surface area contributed by atoms with Gasteiger partial charge in [0.2, 0.25) is 0 Å². The molecule has 0 atom stereocenters. The van der Waals surface area contributed by atoms with Crippen LogP contribution in [0.15, 0.2) is 24.3 Å². The molecule has 2 rings (SSSR count). The molecule has 2 heteroatoms. The first kappa shape index (κ1) is 10.2. The summed E-state index contributed by atoms with van der Waals surface area (Å²) in [5, 5.41) is 0. The molecule has 2 N–H and O–H groups in total. The molecule has 0 saturated carbocycles. The molecule has 0 aliphatic carbocycles. The summed E-state index contributed by atoms with van der Waals surface area (Å²) in [6.45, 7) is 6.30. The van der Waals surface area contributed by atoms with E-state index in [1.54, 1.807) is 0 Å². The average Bonchev–Trinajstić information content (AvgIpc) is 2.58. The van der Waals surface area contributed by atoms with E-state index < -0.39 is 0 Å². The summed E-state index contributed by atoms with van der Waals surface area (Å²) in [5.74, 6) is 0. The summed E-state index contributed by atoms with van der Waals surface area (Å²) < 4.78 is 0. The monoisotopic (exact) mass is 217 g/mol. The molecule has 0 spiro atoms. The van der Waals surface area contributed by atoms with E-state index in [0.29, 0.717) is 0 Å². The van der Waals surface area contributed by atoms with E-state index in [2.05, 4.69) is 45.0 Å². The van der Waals surface area contributed by atoms with Crippen LogP contribution in [0.25, 0.3) is 10.4 Å². The first-order chi connectivity index (χ1) is 7.08. The lowest BCUT2D eigenvalue weighted by Gasteiger charge is -2.07. The molecule has 78 valence electrons. The van der Waals surface area contributed by atoms with E-state index in [0.717, 1.165) is 11.3 Å². The summed E-state index contributed by atoms with van der Waals surface area (Å²) >= 11 is 1.83. The van der Waals surface area contributed by atoms with Gasteiger partial charge in [-0.15, -0.1) is 11.3 Å². The Morgan fingerprint density at radius 1 is 1.00 bits per heavy atom. The van der Waals surface area contributed by atoms with Crippen molar-refractivity contribution in [2.75, 3.05) is 5.73 Å². The van der Waals surface area contributed by atoms with Crippen LogP contribution in [0.3, 0.4) is 0 Å². The van der Waals surface area contributed by atoms with Crippen LogP contribution in [-0.4, -0.2) is 0 Å². The van der Waals surface area contributed by atoms with Crippen LogP contribution in [0.1, 0.15) is 16.0 Å². The topological polar surface area (TPSA) is 26.0 Å². The highest BCUT2D eigenvalue weighted by Gasteiger charge is 2.06. The Hall–Kier alpha value is -1.28. The Bertz CT molecular complexity index is 497. The molecule has 0 aliphatic rings. The molecule has 15 heavy (non-hydrogen) atoms. The van der Waals surface area contributed by atoms with Gasteiger partial charge in [-0.25, -0.2) is 0 Å². The largest absolute Gasteiger partial charge is 0.399 e. The second-order valence-electron chi connectivity index (χ2n) is 3.93. The van der Waals surface area contributed by atoms with Crippen LogP contribution in [-0.2, 0) is 0 Å². The number of thiophene rings is 1. The fourth-order valence-electron chi connectivity index (χ4n) is 1.68. The van der Waals surface area contributed by atoms with Crippen LogP contribution in [0.4, 0.5) is 5.69 Å². The maximum absolute atomic E-state index is 5.88. The smallest absolute Gasteiger partial charge is 0.0348 e. The van der Waals surface area contributed by atoms with Crippen LogP contribution in [0.2, 0.25) is 0 Å². The number of nitrogens with two attached hydrogens (primary N) is 1. The molecular weight excluding hydrogens is 202 g/mol. The molecule has 0 radical (unpaired) electrons. The van der Waals surface area contributed by atoms with E-state index in [4.69, 9.17) is 5.73 Å². The van der Waals surface area contributed by atoms with Gasteiger partial charge in [0.25, 0.3) is 0 Å². The van der Waals surface area contributed by atoms with Crippen LogP contribution >= 0.6 is 11.3 Å². The second-order valence-corrected chi connectivity index (χ2v) is 5.22. The van der Waals surface area contributed by atoms with Gasteiger partial charge in [-0.3, -0.25) is 0 Å². The van der Waals surface area contributed by atoms with Crippen molar-refractivity contribution < 1.29 is 0 Å². The lowest BCUT2D eigenvalue weighted by molar-refractivity contribution is 1.40. The van der Waals surface area contributed by atoms with Gasteiger partial charge in [-0.05, 0) is 61.7 Å². The number of hydrogen-bond donors (Lipinski definition) is 1. The molecule has 1 heterocycles. The fraction of sp³-hybridized carbons (Fsp3) is 0.231. The third kappa shape index (κ3) is 1.90. The van der Waals surface area contributed by atoms with Crippen LogP contribution in [0, 0.1) is 20.8 Å². The number of benzene rings is 1. The molecular formula is C13H15NS. The fourth-order valence-corrected chi connectivity index (χ4v) is 2.63. The zero-order valence-corrected chi connectivity index (χ0v) is 10.1. The zero-order chi connectivity index (χ0) is 11.0. The number of anilines is 1. The van der Waals surface area contributed by atoms with Crippen molar-refractivity contribution in [2.45, 2.75) is 20.8 Å². The van der Waals surface area contributed by atoms with Crippen LogP contribution < -0.4 is 5.73 Å². The van der Waals surface area contributed by atoms with Crippen molar-refractivity contribution in [3.05, 3.63) is 40.3 Å². The molecule has 0 fully saturated rings. The van der Waals surface area contributed by atoms with Crippen LogP contribution in [0.5, 0.6) is 0 Å². The number of rotatable bonds is 1. The number of nitrogen functional groups attached to an aromatic ring is 1. The summed E-state index contributed by atoms with van der Waals surface area (Å²) in [4.78, 5) is 2.67. The van der Waals surface area contributed by atoms with Gasteiger partial charge in [0.05, 0.1) is 0 Å². The molecule has 0 amide bonds. The SMILES string of the molecule is Cc1ccc(-c2cc(C)c(N)cc2C)s1. The first-order valence-electron chi connectivity index (χ1n) is 5.01. The summed E-state index contributed by atoms with van der Waals surface area (Å²) in [7, 11) is 0. The molecule has 0 unspecified atom stereocenters.